The van der Waals surface area contributed by atoms with Crippen LogP contribution in [0.1, 0.15) is 86.5 Å². The minimum absolute atomic E-state index is 0.0750. The molecular formula is C25H41NO2. The molecule has 2 unspecified atom stereocenters. The fraction of sp³-hybridized carbons (Fsp3) is 0.880. The van der Waals surface area contributed by atoms with Gasteiger partial charge in [0.25, 0.3) is 0 Å². The topological polar surface area (TPSA) is 38.3 Å². The molecule has 158 valence electrons. The summed E-state index contributed by atoms with van der Waals surface area (Å²) in [5.41, 5.74) is 2.05. The third-order valence-corrected chi connectivity index (χ3v) is 9.48. The minimum atomic E-state index is 0.0750. The van der Waals surface area contributed by atoms with Gasteiger partial charge < -0.3 is 10.1 Å². The summed E-state index contributed by atoms with van der Waals surface area (Å²) >= 11 is 0. The molecule has 0 spiro atoms. The van der Waals surface area contributed by atoms with Gasteiger partial charge in [0.1, 0.15) is 0 Å². The van der Waals surface area contributed by atoms with Crippen molar-refractivity contribution in [3.05, 3.63) is 11.6 Å². The molecule has 0 aromatic heterocycles. The Hall–Kier alpha value is -0.830. The molecule has 4 fully saturated rings. The smallest absolute Gasteiger partial charge is 0.220 e. The van der Waals surface area contributed by atoms with Gasteiger partial charge in [0.15, 0.2) is 0 Å². The van der Waals surface area contributed by atoms with Crippen LogP contribution in [0.3, 0.4) is 0 Å². The van der Waals surface area contributed by atoms with Crippen LogP contribution in [0.2, 0.25) is 0 Å². The zero-order valence-electron chi connectivity index (χ0n) is 18.9. The third kappa shape index (κ3) is 2.99. The van der Waals surface area contributed by atoms with Crippen molar-refractivity contribution in [3.63, 3.8) is 0 Å². The number of nitrogens with one attached hydrogen (secondary N) is 1. The van der Waals surface area contributed by atoms with Gasteiger partial charge in [-0.15, -0.1) is 0 Å². The van der Waals surface area contributed by atoms with Crippen molar-refractivity contribution in [3.8, 4) is 0 Å². The van der Waals surface area contributed by atoms with E-state index in [0.717, 1.165) is 12.3 Å². The highest BCUT2D eigenvalue weighted by Crippen LogP contribution is 2.68. The molecule has 1 saturated heterocycles. The third-order valence-electron chi connectivity index (χ3n) is 9.48. The molecule has 3 heteroatoms. The van der Waals surface area contributed by atoms with Gasteiger partial charge in [-0.1, -0.05) is 45.8 Å². The molecule has 0 radical (unpaired) electrons. The zero-order valence-corrected chi connectivity index (χ0v) is 18.9. The Morgan fingerprint density at radius 2 is 1.86 bits per heavy atom. The van der Waals surface area contributed by atoms with Crippen molar-refractivity contribution >= 4 is 5.91 Å². The van der Waals surface area contributed by atoms with Crippen LogP contribution >= 0.6 is 0 Å². The maximum atomic E-state index is 12.4. The first-order valence-corrected chi connectivity index (χ1v) is 11.6. The molecular weight excluding hydrogens is 346 g/mol. The molecule has 7 atom stereocenters. The first kappa shape index (κ1) is 20.4. The van der Waals surface area contributed by atoms with Crippen LogP contribution in [0.4, 0.5) is 0 Å². The Bertz CT molecular complexity index is 663. The van der Waals surface area contributed by atoms with E-state index in [-0.39, 0.29) is 28.9 Å². The van der Waals surface area contributed by atoms with Gasteiger partial charge >= 0.3 is 0 Å². The van der Waals surface area contributed by atoms with E-state index in [9.17, 15) is 4.79 Å². The number of fused-ring (bicyclic) bond motifs is 5. The summed E-state index contributed by atoms with van der Waals surface area (Å²) in [5, 5.41) is 3.42. The van der Waals surface area contributed by atoms with Crippen LogP contribution in [0, 0.1) is 34.0 Å². The SMILES string of the molecule is CC(C)=CCOC1C2NC(=O)CC[C@]2(C)[C@@H]2CC[C@]3(C)CCC[C@H]3[C@@H]2C1(C)C. The second kappa shape index (κ2) is 6.86. The van der Waals surface area contributed by atoms with E-state index in [4.69, 9.17) is 4.74 Å². The Kier molecular flexibility index (Phi) is 5.01. The highest BCUT2D eigenvalue weighted by Gasteiger charge is 2.66. The highest BCUT2D eigenvalue weighted by atomic mass is 16.5. The average Bonchev–Trinajstić information content (AvgIpc) is 3.00. The van der Waals surface area contributed by atoms with Gasteiger partial charge in [-0.3, -0.25) is 4.79 Å². The summed E-state index contributed by atoms with van der Waals surface area (Å²) in [4.78, 5) is 12.4. The molecule has 1 aliphatic heterocycles. The molecule has 1 amide bonds. The number of piperidine rings is 1. The van der Waals surface area contributed by atoms with Crippen molar-refractivity contribution in [2.75, 3.05) is 6.61 Å². The molecule has 3 saturated carbocycles. The number of allylic oxidation sites excluding steroid dienone is 1. The summed E-state index contributed by atoms with van der Waals surface area (Å²) in [6, 6.07) is 0.140. The Labute approximate surface area is 172 Å². The maximum Gasteiger partial charge on any atom is 0.220 e. The van der Waals surface area contributed by atoms with E-state index < -0.39 is 0 Å². The van der Waals surface area contributed by atoms with Gasteiger partial charge in [-0.05, 0) is 80.0 Å². The lowest BCUT2D eigenvalue weighted by atomic mass is 9.41. The first-order chi connectivity index (χ1) is 13.1. The van der Waals surface area contributed by atoms with Gasteiger partial charge in [-0.25, -0.2) is 0 Å². The second-order valence-corrected chi connectivity index (χ2v) is 11.7. The van der Waals surface area contributed by atoms with E-state index >= 15 is 0 Å². The van der Waals surface area contributed by atoms with E-state index in [1.807, 2.05) is 0 Å². The fourth-order valence-corrected chi connectivity index (χ4v) is 7.94. The van der Waals surface area contributed by atoms with Crippen LogP contribution in [-0.2, 0) is 9.53 Å². The van der Waals surface area contributed by atoms with Crippen LogP contribution < -0.4 is 5.32 Å². The van der Waals surface area contributed by atoms with E-state index in [1.165, 1.54) is 37.7 Å². The molecule has 1 N–H and O–H groups in total. The molecule has 0 aromatic rings. The molecule has 3 nitrogen and oxygen atoms in total. The summed E-state index contributed by atoms with van der Waals surface area (Å²) < 4.78 is 6.63. The maximum absolute atomic E-state index is 12.4. The summed E-state index contributed by atoms with van der Waals surface area (Å²) in [7, 11) is 0. The number of ether oxygens (including phenoxy) is 1. The average molecular weight is 388 g/mol. The van der Waals surface area contributed by atoms with Crippen LogP contribution in [-0.4, -0.2) is 24.7 Å². The monoisotopic (exact) mass is 387 g/mol. The number of carbonyl (C=O) groups is 1. The largest absolute Gasteiger partial charge is 0.371 e. The first-order valence-electron chi connectivity index (χ1n) is 11.6. The van der Waals surface area contributed by atoms with E-state index in [1.54, 1.807) is 0 Å². The predicted octanol–water partition coefficient (Wildman–Crippen LogP) is 5.50. The van der Waals surface area contributed by atoms with Crippen LogP contribution in [0.5, 0.6) is 0 Å². The summed E-state index contributed by atoms with van der Waals surface area (Å²) in [6.45, 7) is 14.8. The van der Waals surface area contributed by atoms with Crippen molar-refractivity contribution in [1.29, 1.82) is 0 Å². The lowest BCUT2D eigenvalue weighted by Crippen LogP contribution is -2.71. The van der Waals surface area contributed by atoms with Gasteiger partial charge in [-0.2, -0.15) is 0 Å². The minimum Gasteiger partial charge on any atom is -0.371 e. The van der Waals surface area contributed by atoms with Crippen molar-refractivity contribution in [2.45, 2.75) is 98.6 Å². The number of carbonyl (C=O) groups excluding carboxylic acids is 1. The number of amides is 1. The molecule has 28 heavy (non-hydrogen) atoms. The van der Waals surface area contributed by atoms with Crippen molar-refractivity contribution in [2.24, 2.45) is 34.0 Å². The second-order valence-electron chi connectivity index (χ2n) is 11.7. The van der Waals surface area contributed by atoms with Crippen molar-refractivity contribution < 1.29 is 9.53 Å². The molecule has 3 aliphatic carbocycles. The van der Waals surface area contributed by atoms with E-state index in [0.29, 0.717) is 30.3 Å². The Morgan fingerprint density at radius 3 is 2.57 bits per heavy atom. The number of hydrogen-bond donors (Lipinski definition) is 1. The Morgan fingerprint density at radius 1 is 1.11 bits per heavy atom. The van der Waals surface area contributed by atoms with Gasteiger partial charge in [0.2, 0.25) is 5.91 Å². The zero-order chi connectivity index (χ0) is 20.3. The van der Waals surface area contributed by atoms with E-state index in [2.05, 4.69) is 52.9 Å². The number of hydrogen-bond acceptors (Lipinski definition) is 2. The highest BCUT2D eigenvalue weighted by molar-refractivity contribution is 5.77. The molecule has 0 bridgehead atoms. The predicted molar refractivity (Wildman–Crippen MR) is 114 cm³/mol. The molecule has 4 rings (SSSR count). The summed E-state index contributed by atoms with van der Waals surface area (Å²) in [5.74, 6) is 2.43. The normalized spacial score (nSPS) is 46.8. The van der Waals surface area contributed by atoms with Crippen molar-refractivity contribution in [1.82, 2.24) is 5.32 Å². The molecule has 4 aliphatic rings. The van der Waals surface area contributed by atoms with Gasteiger partial charge in [0.05, 0.1) is 18.8 Å². The molecule has 0 aromatic carbocycles. The lowest BCUT2D eigenvalue weighted by Gasteiger charge is -2.67. The van der Waals surface area contributed by atoms with Crippen LogP contribution in [0.25, 0.3) is 0 Å². The van der Waals surface area contributed by atoms with Gasteiger partial charge in [0, 0.05) is 6.42 Å². The molecule has 1 heterocycles. The summed E-state index contributed by atoms with van der Waals surface area (Å²) in [6.07, 6.45) is 10.8. The Balaban J connectivity index is 1.74. The quantitative estimate of drug-likeness (QED) is 0.650. The number of rotatable bonds is 3. The lowest BCUT2D eigenvalue weighted by molar-refractivity contribution is -0.212. The fourth-order valence-electron chi connectivity index (χ4n) is 7.94. The van der Waals surface area contributed by atoms with Crippen LogP contribution in [0.15, 0.2) is 11.6 Å². The standard InChI is InChI=1S/C25H41NO2/c1-16(2)11-15-28-22-21-25(6,14-10-19(27)26-21)18-9-13-24(5)12-7-8-17(24)20(18)23(22,3)4/h11,17-18,20-22H,7-10,12-15H2,1-6H3,(H,26,27)/t17-,18+,20-,21?,22?,24-,25+/m0/s1.